The van der Waals surface area contributed by atoms with Gasteiger partial charge in [0.05, 0.1) is 0 Å². The van der Waals surface area contributed by atoms with Crippen LogP contribution in [-0.4, -0.2) is 15.3 Å². The average Bonchev–Trinajstić information content (AvgIpc) is 2.72. The Morgan fingerprint density at radius 2 is 2.22 bits per heavy atom. The molecule has 0 fully saturated rings. The average molecular weight is 242 g/mol. The third-order valence-corrected chi connectivity index (χ3v) is 3.03. The molecule has 0 unspecified atom stereocenters. The van der Waals surface area contributed by atoms with E-state index >= 15 is 0 Å². The van der Waals surface area contributed by atoms with Gasteiger partial charge in [-0.15, -0.1) is 0 Å². The minimum atomic E-state index is 0.267. The molecule has 18 heavy (non-hydrogen) atoms. The van der Waals surface area contributed by atoms with E-state index < -0.39 is 0 Å². The molecule has 3 heteroatoms. The second-order valence-corrected chi connectivity index (χ2v) is 4.66. The molecular weight excluding hydrogens is 224 g/mol. The van der Waals surface area contributed by atoms with Crippen LogP contribution in [0.1, 0.15) is 23.4 Å². The number of nitrogens with zero attached hydrogens (tertiary/aromatic N) is 2. The Morgan fingerprint density at radius 1 is 1.39 bits per heavy atom. The topological polar surface area (TPSA) is 34.9 Å². The summed E-state index contributed by atoms with van der Waals surface area (Å²) in [4.78, 5) is 16.1. The Labute approximate surface area is 107 Å². The smallest absolute Gasteiger partial charge is 0.137 e. The van der Waals surface area contributed by atoms with Crippen molar-refractivity contribution in [3.8, 4) is 0 Å². The van der Waals surface area contributed by atoms with Gasteiger partial charge in [0.25, 0.3) is 0 Å². The first kappa shape index (κ1) is 12.6. The van der Waals surface area contributed by atoms with Gasteiger partial charge in [-0.25, -0.2) is 4.98 Å². The number of aryl methyl sites for hydroxylation is 3. The maximum absolute atomic E-state index is 11.9. The Kier molecular flexibility index (Phi) is 3.92. The minimum absolute atomic E-state index is 0.267. The van der Waals surface area contributed by atoms with Crippen LogP contribution in [-0.2, 0) is 24.7 Å². The van der Waals surface area contributed by atoms with Crippen molar-refractivity contribution in [2.75, 3.05) is 0 Å². The van der Waals surface area contributed by atoms with E-state index in [1.54, 1.807) is 6.20 Å². The van der Waals surface area contributed by atoms with E-state index in [1.165, 1.54) is 5.56 Å². The largest absolute Gasteiger partial charge is 0.338 e. The number of imidazole rings is 1. The van der Waals surface area contributed by atoms with Crippen molar-refractivity contribution in [2.24, 2.45) is 7.05 Å². The first-order valence-electron chi connectivity index (χ1n) is 6.18. The molecular formula is C15H18N2O. The highest BCUT2D eigenvalue weighted by Gasteiger charge is 2.06. The lowest BCUT2D eigenvalue weighted by atomic mass is 10.0. The molecule has 1 heterocycles. The van der Waals surface area contributed by atoms with E-state index in [4.69, 9.17) is 0 Å². The highest BCUT2D eigenvalue weighted by Crippen LogP contribution is 2.07. The van der Waals surface area contributed by atoms with Crippen LogP contribution in [0.5, 0.6) is 0 Å². The van der Waals surface area contributed by atoms with E-state index in [1.807, 2.05) is 42.9 Å². The molecule has 2 aromatic rings. The highest BCUT2D eigenvalue weighted by atomic mass is 16.1. The van der Waals surface area contributed by atoms with Crippen molar-refractivity contribution in [1.29, 1.82) is 0 Å². The first-order valence-corrected chi connectivity index (χ1v) is 6.18. The number of benzene rings is 1. The van der Waals surface area contributed by atoms with Gasteiger partial charge in [-0.1, -0.05) is 29.8 Å². The van der Waals surface area contributed by atoms with Crippen molar-refractivity contribution in [3.63, 3.8) is 0 Å². The van der Waals surface area contributed by atoms with Crippen LogP contribution in [0.3, 0.4) is 0 Å². The number of hydrogen-bond donors (Lipinski definition) is 0. The van der Waals surface area contributed by atoms with Crippen LogP contribution in [0.2, 0.25) is 0 Å². The lowest BCUT2D eigenvalue weighted by molar-refractivity contribution is -0.118. The van der Waals surface area contributed by atoms with Crippen molar-refractivity contribution in [2.45, 2.75) is 26.2 Å². The molecule has 0 amide bonds. The van der Waals surface area contributed by atoms with Crippen LogP contribution in [0.15, 0.2) is 36.7 Å². The molecule has 0 spiro atoms. The van der Waals surface area contributed by atoms with Gasteiger partial charge in [0.15, 0.2) is 0 Å². The molecule has 0 aliphatic heterocycles. The van der Waals surface area contributed by atoms with Gasteiger partial charge in [-0.3, -0.25) is 4.79 Å². The second-order valence-electron chi connectivity index (χ2n) is 4.66. The summed E-state index contributed by atoms with van der Waals surface area (Å²) in [6, 6.07) is 8.11. The van der Waals surface area contributed by atoms with E-state index in [0.29, 0.717) is 19.3 Å². The van der Waals surface area contributed by atoms with E-state index in [0.717, 1.165) is 11.4 Å². The molecule has 0 N–H and O–H groups in total. The highest BCUT2D eigenvalue weighted by molar-refractivity contribution is 5.81. The number of hydrogen-bond acceptors (Lipinski definition) is 2. The summed E-state index contributed by atoms with van der Waals surface area (Å²) >= 11 is 0. The summed E-state index contributed by atoms with van der Waals surface area (Å²) < 4.78 is 1.96. The van der Waals surface area contributed by atoms with E-state index in [9.17, 15) is 4.79 Å². The van der Waals surface area contributed by atoms with E-state index in [-0.39, 0.29) is 5.78 Å². The molecule has 0 bridgehead atoms. The molecule has 94 valence electrons. The molecule has 0 aliphatic rings. The summed E-state index contributed by atoms with van der Waals surface area (Å²) in [5, 5.41) is 0. The molecule has 0 saturated carbocycles. The van der Waals surface area contributed by atoms with Gasteiger partial charge in [-0.2, -0.15) is 0 Å². The predicted molar refractivity (Wildman–Crippen MR) is 71.4 cm³/mol. The standard InChI is InChI=1S/C15H18N2O/c1-12-4-3-5-13(10-12)11-14(18)6-7-15-16-8-9-17(15)2/h3-5,8-10H,6-7,11H2,1-2H3. The van der Waals surface area contributed by atoms with Crippen molar-refractivity contribution in [3.05, 3.63) is 53.6 Å². The van der Waals surface area contributed by atoms with Crippen molar-refractivity contribution >= 4 is 5.78 Å². The fourth-order valence-corrected chi connectivity index (χ4v) is 2.03. The number of aromatic nitrogens is 2. The third-order valence-electron chi connectivity index (χ3n) is 3.03. The first-order chi connectivity index (χ1) is 8.65. The zero-order valence-electron chi connectivity index (χ0n) is 10.9. The zero-order valence-corrected chi connectivity index (χ0v) is 10.9. The Hall–Kier alpha value is -1.90. The van der Waals surface area contributed by atoms with Crippen LogP contribution in [0.4, 0.5) is 0 Å². The summed E-state index contributed by atoms with van der Waals surface area (Å²) in [7, 11) is 1.95. The second kappa shape index (κ2) is 5.63. The zero-order chi connectivity index (χ0) is 13.0. The van der Waals surface area contributed by atoms with Gasteiger partial charge < -0.3 is 4.57 Å². The lowest BCUT2D eigenvalue weighted by Gasteiger charge is -2.03. The maximum Gasteiger partial charge on any atom is 0.137 e. The predicted octanol–water partition coefficient (Wildman–Crippen LogP) is 2.47. The van der Waals surface area contributed by atoms with Gasteiger partial charge in [0.2, 0.25) is 0 Å². The third kappa shape index (κ3) is 3.29. The quantitative estimate of drug-likeness (QED) is 0.807. The lowest BCUT2D eigenvalue weighted by Crippen LogP contribution is -2.07. The minimum Gasteiger partial charge on any atom is -0.338 e. The van der Waals surface area contributed by atoms with Crippen LogP contribution in [0.25, 0.3) is 0 Å². The SMILES string of the molecule is Cc1cccc(CC(=O)CCc2nccn2C)c1. The monoisotopic (exact) mass is 242 g/mol. The number of carbonyl (C=O) groups is 1. The van der Waals surface area contributed by atoms with Crippen LogP contribution >= 0.6 is 0 Å². The molecule has 0 atom stereocenters. The molecule has 1 aromatic heterocycles. The summed E-state index contributed by atoms with van der Waals surface area (Å²) in [5.41, 5.74) is 2.30. The Morgan fingerprint density at radius 3 is 2.89 bits per heavy atom. The normalized spacial score (nSPS) is 10.6. The van der Waals surface area contributed by atoms with Gasteiger partial charge in [-0.05, 0) is 12.5 Å². The molecule has 0 saturated heterocycles. The Bertz CT molecular complexity index is 543. The molecule has 2 rings (SSSR count). The fourth-order valence-electron chi connectivity index (χ4n) is 2.03. The number of carbonyl (C=O) groups excluding carboxylic acids is 1. The van der Waals surface area contributed by atoms with E-state index in [2.05, 4.69) is 11.1 Å². The van der Waals surface area contributed by atoms with Crippen LogP contribution in [0, 0.1) is 6.92 Å². The van der Waals surface area contributed by atoms with Gasteiger partial charge in [0, 0.05) is 38.7 Å². The number of rotatable bonds is 5. The van der Waals surface area contributed by atoms with Gasteiger partial charge in [0.1, 0.15) is 11.6 Å². The van der Waals surface area contributed by atoms with Gasteiger partial charge >= 0.3 is 0 Å². The fraction of sp³-hybridized carbons (Fsp3) is 0.333. The maximum atomic E-state index is 11.9. The number of ketones is 1. The summed E-state index contributed by atoms with van der Waals surface area (Å²) in [5.74, 6) is 1.23. The number of Topliss-reactive ketones (excluding diaryl/α,β-unsaturated/α-hetero) is 1. The molecule has 0 aliphatic carbocycles. The van der Waals surface area contributed by atoms with Crippen LogP contribution < -0.4 is 0 Å². The molecule has 0 radical (unpaired) electrons. The van der Waals surface area contributed by atoms with Crippen molar-refractivity contribution < 1.29 is 4.79 Å². The molecule has 3 nitrogen and oxygen atoms in total. The molecule has 1 aromatic carbocycles. The van der Waals surface area contributed by atoms with Crippen molar-refractivity contribution in [1.82, 2.24) is 9.55 Å². The Balaban J connectivity index is 1.88. The summed E-state index contributed by atoms with van der Waals surface area (Å²) in [6.07, 6.45) is 5.46. The summed E-state index contributed by atoms with van der Waals surface area (Å²) in [6.45, 7) is 2.04.